The molecule has 6 heteroatoms. The van der Waals surface area contributed by atoms with E-state index in [9.17, 15) is 0 Å². The Morgan fingerprint density at radius 3 is 0.806 bits per heavy atom. The molecule has 0 unspecified atom stereocenters. The molecular weight excluding hydrogens is 580 g/mol. The SMILES string of the molecule is [C-]#N.[CH2-]CCCCCCCCCCC.[CH2-]CCCCCCCCCCC.[Cl][Zn+].[Cl][Zn+].[Cu+]. The van der Waals surface area contributed by atoms with Crippen molar-refractivity contribution in [3.05, 3.63) is 20.4 Å². The third-order valence-corrected chi connectivity index (χ3v) is 4.71. The molecule has 0 bridgehead atoms. The Kier molecular flexibility index (Phi) is 94.6. The van der Waals surface area contributed by atoms with Crippen molar-refractivity contribution in [2.75, 3.05) is 0 Å². The number of hydrogen-bond donors (Lipinski definition) is 0. The summed E-state index contributed by atoms with van der Waals surface area (Å²) in [6.07, 6.45) is 27.8. The van der Waals surface area contributed by atoms with E-state index in [0.717, 1.165) is 47.5 Å². The minimum Gasteiger partial charge on any atom is 1.00 e. The van der Waals surface area contributed by atoms with Crippen molar-refractivity contribution in [1.82, 2.24) is 0 Å². The molecule has 0 aromatic rings. The van der Waals surface area contributed by atoms with Gasteiger partial charge in [0.25, 0.3) is 0 Å². The fourth-order valence-corrected chi connectivity index (χ4v) is 2.97. The molecular formula is C25H50Cl2CuNZn2. The molecule has 0 aliphatic carbocycles. The molecule has 0 atom stereocenters. The Morgan fingerprint density at radius 1 is 0.484 bits per heavy atom. The van der Waals surface area contributed by atoms with Gasteiger partial charge in [-0.2, -0.15) is 12.8 Å². The van der Waals surface area contributed by atoms with Crippen LogP contribution in [0.5, 0.6) is 0 Å². The summed E-state index contributed by atoms with van der Waals surface area (Å²) in [6.45, 7) is 17.0. The minimum atomic E-state index is 0. The van der Waals surface area contributed by atoms with Crippen LogP contribution in [0.4, 0.5) is 0 Å². The van der Waals surface area contributed by atoms with E-state index in [2.05, 4.69) is 27.7 Å². The zero-order valence-electron chi connectivity index (χ0n) is 21.0. The second-order valence-electron chi connectivity index (χ2n) is 7.36. The van der Waals surface area contributed by atoms with Gasteiger partial charge in [-0.25, -0.2) is 0 Å². The summed E-state index contributed by atoms with van der Waals surface area (Å²) in [6, 6.07) is 0. The summed E-state index contributed by atoms with van der Waals surface area (Å²) in [5.41, 5.74) is 0. The quantitative estimate of drug-likeness (QED) is 0.0841. The van der Waals surface area contributed by atoms with Crippen LogP contribution >= 0.6 is 19.4 Å². The molecule has 0 spiro atoms. The van der Waals surface area contributed by atoms with Crippen LogP contribution in [0, 0.1) is 25.7 Å². The molecule has 0 amide bonds. The summed E-state index contributed by atoms with van der Waals surface area (Å²) in [4.78, 5) is 0. The summed E-state index contributed by atoms with van der Waals surface area (Å²) in [5.74, 6) is 0. The van der Waals surface area contributed by atoms with Crippen molar-refractivity contribution >= 4 is 19.4 Å². The van der Waals surface area contributed by atoms with Crippen LogP contribution in [0.25, 0.3) is 0 Å². The van der Waals surface area contributed by atoms with Crippen LogP contribution in [-0.4, -0.2) is 0 Å². The van der Waals surface area contributed by atoms with E-state index < -0.39 is 0 Å². The molecule has 0 aromatic heterocycles. The molecule has 0 radical (unpaired) electrons. The molecule has 0 aliphatic heterocycles. The van der Waals surface area contributed by atoms with Crippen molar-refractivity contribution in [2.45, 2.75) is 142 Å². The number of nitrogens with zero attached hydrogens (tertiary/aromatic N) is 1. The van der Waals surface area contributed by atoms with Gasteiger partial charge in [0, 0.05) is 0 Å². The van der Waals surface area contributed by atoms with Crippen LogP contribution in [0.1, 0.15) is 142 Å². The normalized spacial score (nSPS) is 8.65. The molecule has 0 aliphatic rings. The van der Waals surface area contributed by atoms with Crippen LogP contribution in [0.3, 0.4) is 0 Å². The average Bonchev–Trinajstić information content (AvgIpc) is 2.82. The van der Waals surface area contributed by atoms with Crippen LogP contribution in [0.2, 0.25) is 0 Å². The molecule has 0 fully saturated rings. The molecule has 184 valence electrons. The van der Waals surface area contributed by atoms with Gasteiger partial charge in [-0.15, -0.1) is 0 Å². The minimum absolute atomic E-state index is 0. The predicted molar refractivity (Wildman–Crippen MR) is 131 cm³/mol. The number of unbranched alkanes of at least 4 members (excludes halogenated alkanes) is 18. The number of hydrogen-bond acceptors (Lipinski definition) is 1. The Balaban J connectivity index is -0.0000000788. The van der Waals surface area contributed by atoms with E-state index in [0.29, 0.717) is 0 Å². The zero-order valence-corrected chi connectivity index (χ0v) is 29.4. The van der Waals surface area contributed by atoms with Gasteiger partial charge < -0.3 is 25.7 Å². The Hall–Kier alpha value is 1.84. The van der Waals surface area contributed by atoms with Gasteiger partial charge in [-0.05, 0) is 0 Å². The first-order chi connectivity index (χ1) is 14.8. The van der Waals surface area contributed by atoms with Gasteiger partial charge in [-0.1, -0.05) is 129 Å². The molecule has 0 N–H and O–H groups in total. The summed E-state index contributed by atoms with van der Waals surface area (Å²) in [7, 11) is 9.53. The Labute approximate surface area is 237 Å². The fourth-order valence-electron chi connectivity index (χ4n) is 2.97. The topological polar surface area (TPSA) is 23.8 Å². The molecule has 0 saturated heterocycles. The smallest absolute Gasteiger partial charge is 1.00 e. The maximum atomic E-state index is 6.25. The first kappa shape index (κ1) is 46.2. The van der Waals surface area contributed by atoms with Gasteiger partial charge >= 0.3 is 71.1 Å². The third kappa shape index (κ3) is 72.0. The standard InChI is InChI=1S/2C12H25.CN.2ClH.Cu.2Zn/c2*1-3-5-7-9-11-12-10-8-6-4-2;1-2;;;;;/h2*1,3-12H2,2H3;;2*1H;;;/q3*-1;;;+1;2*+2/p-2. The van der Waals surface area contributed by atoms with Crippen LogP contribution < -0.4 is 0 Å². The predicted octanol–water partition coefficient (Wildman–Crippen LogP) is 11.0. The summed E-state index contributed by atoms with van der Waals surface area (Å²) >= 11 is 1.69. The van der Waals surface area contributed by atoms with Gasteiger partial charge in [0.15, 0.2) is 0 Å². The van der Waals surface area contributed by atoms with Crippen LogP contribution in [0.15, 0.2) is 0 Å². The first-order valence-electron chi connectivity index (χ1n) is 12.2. The molecule has 0 heterocycles. The van der Waals surface area contributed by atoms with Crippen molar-refractivity contribution in [1.29, 1.82) is 5.26 Å². The Morgan fingerprint density at radius 2 is 0.645 bits per heavy atom. The van der Waals surface area contributed by atoms with Crippen molar-refractivity contribution < 1.29 is 51.7 Å². The van der Waals surface area contributed by atoms with E-state index >= 15 is 0 Å². The maximum absolute atomic E-state index is 6.25. The largest absolute Gasteiger partial charge is 1.00 e. The molecule has 1 nitrogen and oxygen atoms in total. The second kappa shape index (κ2) is 63.5. The second-order valence-corrected chi connectivity index (χ2v) is 7.36. The number of halogens is 2. The molecule has 0 saturated carbocycles. The summed E-state index contributed by atoms with van der Waals surface area (Å²) in [5, 5.41) is 6.25. The van der Waals surface area contributed by atoms with E-state index in [1.54, 1.807) is 0 Å². The van der Waals surface area contributed by atoms with Gasteiger partial charge in [0.2, 0.25) is 0 Å². The molecule has 0 rings (SSSR count). The van der Waals surface area contributed by atoms with E-state index in [1.165, 1.54) is 116 Å². The Bertz CT molecular complexity index is 197. The van der Waals surface area contributed by atoms with E-state index in [-0.39, 0.29) is 17.1 Å². The number of rotatable bonds is 18. The van der Waals surface area contributed by atoms with Gasteiger partial charge in [0.05, 0.1) is 0 Å². The van der Waals surface area contributed by atoms with Crippen molar-refractivity contribution in [2.24, 2.45) is 0 Å². The van der Waals surface area contributed by atoms with Gasteiger partial charge in [-0.3, -0.25) is 0 Å². The first-order valence-corrected chi connectivity index (χ1v) is 20.0. The summed E-state index contributed by atoms with van der Waals surface area (Å²) < 4.78 is 0. The van der Waals surface area contributed by atoms with E-state index in [4.69, 9.17) is 31.2 Å². The van der Waals surface area contributed by atoms with Crippen molar-refractivity contribution in [3.8, 4) is 0 Å². The molecule has 0 aromatic carbocycles. The zero-order chi connectivity index (χ0) is 24.1. The third-order valence-electron chi connectivity index (χ3n) is 4.71. The van der Waals surface area contributed by atoms with E-state index in [1.807, 2.05) is 0 Å². The van der Waals surface area contributed by atoms with Gasteiger partial charge in [0.1, 0.15) is 0 Å². The monoisotopic (exact) mass is 625 g/mol. The fraction of sp³-hybridized carbons (Fsp3) is 0.880. The van der Waals surface area contributed by atoms with Crippen molar-refractivity contribution in [3.63, 3.8) is 0 Å². The molecule has 31 heavy (non-hydrogen) atoms. The average molecular weight is 630 g/mol. The van der Waals surface area contributed by atoms with Crippen LogP contribution in [-0.2, 0) is 51.7 Å². The maximum Gasteiger partial charge on any atom is 1.00 e.